The summed E-state index contributed by atoms with van der Waals surface area (Å²) in [6.07, 6.45) is 2.26. The molecule has 0 radical (unpaired) electrons. The Morgan fingerprint density at radius 1 is 1.47 bits per heavy atom. The molecule has 0 amide bonds. The van der Waals surface area contributed by atoms with E-state index in [9.17, 15) is 4.79 Å². The first-order valence-electron chi connectivity index (χ1n) is 5.90. The average Bonchev–Trinajstić information content (AvgIpc) is 2.86. The van der Waals surface area contributed by atoms with E-state index in [1.165, 1.54) is 0 Å². The van der Waals surface area contributed by atoms with Gasteiger partial charge in [0, 0.05) is 5.97 Å². The molecule has 1 unspecified atom stereocenters. The molecule has 1 atom stereocenters. The molecular formula is C13H14BNO2. The summed E-state index contributed by atoms with van der Waals surface area (Å²) in [6.45, 7) is 0.359. The van der Waals surface area contributed by atoms with Crippen LogP contribution in [0.15, 0.2) is 30.3 Å². The monoisotopic (exact) mass is 227 g/mol. The van der Waals surface area contributed by atoms with E-state index < -0.39 is 0 Å². The number of hydrogen-bond acceptors (Lipinski definition) is 3. The fourth-order valence-corrected chi connectivity index (χ4v) is 2.16. The van der Waals surface area contributed by atoms with Crippen molar-refractivity contribution in [3.8, 4) is 5.97 Å². The van der Waals surface area contributed by atoms with Gasteiger partial charge in [0.1, 0.15) is 6.61 Å². The van der Waals surface area contributed by atoms with Crippen LogP contribution in [0.25, 0.3) is 0 Å². The van der Waals surface area contributed by atoms with Crippen molar-refractivity contribution in [2.45, 2.75) is 25.7 Å². The molecule has 0 aliphatic carbocycles. The Kier molecular flexibility index (Phi) is 3.82. The molecule has 1 aliphatic heterocycles. The van der Waals surface area contributed by atoms with Crippen LogP contribution < -0.4 is 0 Å². The summed E-state index contributed by atoms with van der Waals surface area (Å²) < 4.78 is 5.26. The Balaban J connectivity index is 1.81. The van der Waals surface area contributed by atoms with Crippen LogP contribution in [0.1, 0.15) is 12.0 Å². The predicted molar refractivity (Wildman–Crippen MR) is 65.3 cm³/mol. The second kappa shape index (κ2) is 5.54. The molecule has 0 N–H and O–H groups in total. The number of nitrogens with zero attached hydrogens (tertiary/aromatic N) is 1. The molecule has 4 heteroatoms. The van der Waals surface area contributed by atoms with Crippen LogP contribution in [0.5, 0.6) is 0 Å². The van der Waals surface area contributed by atoms with E-state index in [1.54, 1.807) is 0 Å². The van der Waals surface area contributed by atoms with E-state index in [2.05, 4.69) is 5.97 Å². The summed E-state index contributed by atoms with van der Waals surface area (Å²) in [7, 11) is 0. The third-order valence-corrected chi connectivity index (χ3v) is 3.17. The fraction of sp³-hybridized carbons (Fsp3) is 0.385. The number of carbonyl (C=O) groups excluding carboxylic acids is 1. The van der Waals surface area contributed by atoms with Gasteiger partial charge in [0.25, 0.3) is 6.71 Å². The van der Waals surface area contributed by atoms with Gasteiger partial charge in [-0.25, -0.2) is 5.26 Å². The van der Waals surface area contributed by atoms with Crippen LogP contribution in [-0.2, 0) is 16.1 Å². The van der Waals surface area contributed by atoms with E-state index in [1.807, 2.05) is 30.3 Å². The van der Waals surface area contributed by atoms with Gasteiger partial charge in [-0.05, 0) is 18.3 Å². The molecule has 0 spiro atoms. The highest BCUT2D eigenvalue weighted by atomic mass is 16.5. The first-order valence-corrected chi connectivity index (χ1v) is 5.90. The van der Waals surface area contributed by atoms with E-state index in [0.717, 1.165) is 18.3 Å². The van der Waals surface area contributed by atoms with Crippen molar-refractivity contribution < 1.29 is 9.53 Å². The maximum atomic E-state index is 11.7. The van der Waals surface area contributed by atoms with Crippen molar-refractivity contribution in [3.05, 3.63) is 35.9 Å². The molecule has 17 heavy (non-hydrogen) atoms. The Morgan fingerprint density at radius 3 is 2.88 bits per heavy atom. The Morgan fingerprint density at radius 2 is 2.24 bits per heavy atom. The lowest BCUT2D eigenvalue weighted by Crippen LogP contribution is -2.15. The molecule has 1 aliphatic rings. The highest BCUT2D eigenvalue weighted by Gasteiger charge is 2.33. The molecule has 1 heterocycles. The van der Waals surface area contributed by atoms with Gasteiger partial charge >= 0.3 is 5.97 Å². The highest BCUT2D eigenvalue weighted by molar-refractivity contribution is 6.67. The SMILES string of the molecule is N#CB1CCC(C(=O)OCc2ccccc2)C1. The minimum absolute atomic E-state index is 0.0317. The number of nitriles is 1. The van der Waals surface area contributed by atoms with Crippen LogP contribution in [0.2, 0.25) is 12.6 Å². The molecule has 1 fully saturated rings. The van der Waals surface area contributed by atoms with Crippen molar-refractivity contribution in [2.24, 2.45) is 5.92 Å². The van der Waals surface area contributed by atoms with Crippen molar-refractivity contribution in [2.75, 3.05) is 0 Å². The van der Waals surface area contributed by atoms with Gasteiger partial charge < -0.3 is 4.74 Å². The summed E-state index contributed by atoms with van der Waals surface area (Å²) in [5.74, 6) is 1.97. The maximum Gasteiger partial charge on any atom is 0.308 e. The van der Waals surface area contributed by atoms with Crippen molar-refractivity contribution in [1.82, 2.24) is 0 Å². The number of esters is 1. The van der Waals surface area contributed by atoms with Crippen LogP contribution in [0, 0.1) is 17.1 Å². The highest BCUT2D eigenvalue weighted by Crippen LogP contribution is 2.27. The third kappa shape index (κ3) is 3.10. The number of hydrogen-bond donors (Lipinski definition) is 0. The van der Waals surface area contributed by atoms with Gasteiger partial charge in [-0.3, -0.25) is 4.79 Å². The molecule has 1 saturated heterocycles. The normalized spacial score (nSPS) is 18.8. The van der Waals surface area contributed by atoms with E-state index >= 15 is 0 Å². The van der Waals surface area contributed by atoms with E-state index in [0.29, 0.717) is 12.9 Å². The lowest BCUT2D eigenvalue weighted by molar-refractivity contribution is -0.149. The molecular weight excluding hydrogens is 213 g/mol. The standard InChI is InChI=1S/C13H14BNO2/c15-10-14-7-6-12(8-14)13(16)17-9-11-4-2-1-3-5-11/h1-5,12H,6-9H2. The summed E-state index contributed by atoms with van der Waals surface area (Å²) in [4.78, 5) is 11.7. The molecule has 0 aromatic heterocycles. The molecule has 1 aromatic carbocycles. The van der Waals surface area contributed by atoms with Gasteiger partial charge in [-0.2, -0.15) is 0 Å². The molecule has 3 nitrogen and oxygen atoms in total. The summed E-state index contributed by atoms with van der Waals surface area (Å²) in [6, 6.07) is 9.63. The third-order valence-electron chi connectivity index (χ3n) is 3.17. The zero-order valence-electron chi connectivity index (χ0n) is 9.63. The second-order valence-electron chi connectivity index (χ2n) is 4.43. The summed E-state index contributed by atoms with van der Waals surface area (Å²) in [5.41, 5.74) is 0.996. The quantitative estimate of drug-likeness (QED) is 0.588. The van der Waals surface area contributed by atoms with Gasteiger partial charge in [-0.1, -0.05) is 36.7 Å². The van der Waals surface area contributed by atoms with Crippen LogP contribution in [0.3, 0.4) is 0 Å². The topological polar surface area (TPSA) is 50.1 Å². The lowest BCUT2D eigenvalue weighted by Gasteiger charge is -2.09. The number of benzene rings is 1. The van der Waals surface area contributed by atoms with Crippen molar-refractivity contribution in [3.63, 3.8) is 0 Å². The fourth-order valence-electron chi connectivity index (χ4n) is 2.16. The smallest absolute Gasteiger partial charge is 0.308 e. The summed E-state index contributed by atoms with van der Waals surface area (Å²) >= 11 is 0. The zero-order valence-corrected chi connectivity index (χ0v) is 9.63. The molecule has 2 rings (SSSR count). The van der Waals surface area contributed by atoms with E-state index in [4.69, 9.17) is 10.00 Å². The number of ether oxygens (including phenoxy) is 1. The van der Waals surface area contributed by atoms with Crippen molar-refractivity contribution in [1.29, 1.82) is 5.26 Å². The van der Waals surface area contributed by atoms with Gasteiger partial charge in [0.05, 0.1) is 5.92 Å². The minimum Gasteiger partial charge on any atom is -0.461 e. The molecule has 86 valence electrons. The van der Waals surface area contributed by atoms with E-state index in [-0.39, 0.29) is 18.6 Å². The largest absolute Gasteiger partial charge is 0.461 e. The first-order chi connectivity index (χ1) is 8.29. The summed E-state index contributed by atoms with van der Waals surface area (Å²) in [5, 5.41) is 8.77. The van der Waals surface area contributed by atoms with Crippen molar-refractivity contribution >= 4 is 12.7 Å². The molecule has 0 saturated carbocycles. The molecule has 1 aromatic rings. The Bertz CT molecular complexity index is 427. The number of carbonyl (C=O) groups is 1. The predicted octanol–water partition coefficient (Wildman–Crippen LogP) is 2.31. The maximum absolute atomic E-state index is 11.7. The lowest BCUT2D eigenvalue weighted by atomic mass is 9.50. The minimum atomic E-state index is -0.161. The Hall–Kier alpha value is -1.76. The number of rotatable bonds is 3. The molecule has 0 bridgehead atoms. The van der Waals surface area contributed by atoms with Crippen LogP contribution in [0.4, 0.5) is 0 Å². The second-order valence-corrected chi connectivity index (χ2v) is 4.43. The van der Waals surface area contributed by atoms with Crippen LogP contribution in [-0.4, -0.2) is 12.7 Å². The average molecular weight is 227 g/mol. The van der Waals surface area contributed by atoms with Gasteiger partial charge in [0.2, 0.25) is 0 Å². The Labute approximate surface area is 101 Å². The van der Waals surface area contributed by atoms with Gasteiger partial charge in [0.15, 0.2) is 0 Å². The van der Waals surface area contributed by atoms with Crippen LogP contribution >= 0.6 is 0 Å². The van der Waals surface area contributed by atoms with Gasteiger partial charge in [-0.15, -0.1) is 0 Å². The zero-order chi connectivity index (χ0) is 12.1. The first kappa shape index (κ1) is 11.7.